The van der Waals surface area contributed by atoms with Crippen LogP contribution in [0.25, 0.3) is 0 Å². The molecule has 0 atom stereocenters. The van der Waals surface area contributed by atoms with Crippen molar-refractivity contribution in [2.24, 2.45) is 5.41 Å². The number of hydrogen-bond acceptors (Lipinski definition) is 3. The summed E-state index contributed by atoms with van der Waals surface area (Å²) in [6, 6.07) is 4.96. The van der Waals surface area contributed by atoms with Crippen LogP contribution in [-0.2, 0) is 0 Å². The highest BCUT2D eigenvalue weighted by atomic mass is 79.9. The Bertz CT molecular complexity index is 455. The molecule has 1 aromatic rings. The van der Waals surface area contributed by atoms with Gasteiger partial charge in [-0.25, -0.2) is 4.39 Å². The standard InChI is InChI=1S/C12H14BrFN2O/c1-12(2,7-17)6-16-9-4-3-8(5-15)10(13)11(9)14/h3-4,16-17H,6-7H2,1-2H3. The second kappa shape index (κ2) is 5.48. The van der Waals surface area contributed by atoms with Crippen molar-refractivity contribution in [1.82, 2.24) is 0 Å². The molecular weight excluding hydrogens is 287 g/mol. The number of aliphatic hydroxyl groups excluding tert-OH is 1. The van der Waals surface area contributed by atoms with Crippen LogP contribution in [0.4, 0.5) is 10.1 Å². The third-order valence-electron chi connectivity index (χ3n) is 2.39. The maximum absolute atomic E-state index is 13.8. The Morgan fingerprint density at radius 1 is 1.53 bits per heavy atom. The van der Waals surface area contributed by atoms with Gasteiger partial charge in [-0.15, -0.1) is 0 Å². The fraction of sp³-hybridized carbons (Fsp3) is 0.417. The molecule has 17 heavy (non-hydrogen) atoms. The van der Waals surface area contributed by atoms with E-state index in [2.05, 4.69) is 21.2 Å². The van der Waals surface area contributed by atoms with Crippen molar-refractivity contribution < 1.29 is 9.50 Å². The number of halogens is 2. The predicted molar refractivity (Wildman–Crippen MR) is 68.2 cm³/mol. The average Bonchev–Trinajstić information content (AvgIpc) is 2.31. The minimum Gasteiger partial charge on any atom is -0.396 e. The van der Waals surface area contributed by atoms with Gasteiger partial charge in [0.25, 0.3) is 0 Å². The van der Waals surface area contributed by atoms with Crippen molar-refractivity contribution in [2.75, 3.05) is 18.5 Å². The van der Waals surface area contributed by atoms with Crippen molar-refractivity contribution in [1.29, 1.82) is 5.26 Å². The number of nitriles is 1. The van der Waals surface area contributed by atoms with Gasteiger partial charge < -0.3 is 10.4 Å². The lowest BCUT2D eigenvalue weighted by molar-refractivity contribution is 0.170. The number of hydrogen-bond donors (Lipinski definition) is 2. The zero-order chi connectivity index (χ0) is 13.1. The number of rotatable bonds is 4. The Labute approximate surface area is 108 Å². The molecule has 2 N–H and O–H groups in total. The van der Waals surface area contributed by atoms with Crippen molar-refractivity contribution in [3.63, 3.8) is 0 Å². The first kappa shape index (κ1) is 13.9. The molecule has 0 aliphatic carbocycles. The zero-order valence-electron chi connectivity index (χ0n) is 9.72. The third kappa shape index (κ3) is 3.42. The van der Waals surface area contributed by atoms with Gasteiger partial charge in [0, 0.05) is 18.6 Å². The molecule has 0 unspecified atom stereocenters. The van der Waals surface area contributed by atoms with Crippen LogP contribution in [-0.4, -0.2) is 18.3 Å². The number of nitrogens with zero attached hydrogens (tertiary/aromatic N) is 1. The molecule has 0 amide bonds. The van der Waals surface area contributed by atoms with Crippen LogP contribution in [0.3, 0.4) is 0 Å². The number of aliphatic hydroxyl groups is 1. The maximum atomic E-state index is 13.8. The Morgan fingerprint density at radius 3 is 2.71 bits per heavy atom. The number of nitrogens with one attached hydrogen (secondary N) is 1. The smallest absolute Gasteiger partial charge is 0.161 e. The van der Waals surface area contributed by atoms with E-state index in [0.29, 0.717) is 12.2 Å². The topological polar surface area (TPSA) is 56.0 Å². The summed E-state index contributed by atoms with van der Waals surface area (Å²) in [5.41, 5.74) is 0.249. The Morgan fingerprint density at radius 2 is 2.18 bits per heavy atom. The molecule has 0 fully saturated rings. The molecular formula is C12H14BrFN2O. The summed E-state index contributed by atoms with van der Waals surface area (Å²) in [7, 11) is 0. The third-order valence-corrected chi connectivity index (χ3v) is 3.16. The predicted octanol–water partition coefficient (Wildman–Crippen LogP) is 2.89. The molecule has 0 aliphatic heterocycles. The molecule has 1 rings (SSSR count). The lowest BCUT2D eigenvalue weighted by Gasteiger charge is -2.23. The van der Waals surface area contributed by atoms with Crippen LogP contribution >= 0.6 is 15.9 Å². The highest BCUT2D eigenvalue weighted by Crippen LogP contribution is 2.27. The first-order valence-corrected chi connectivity index (χ1v) is 5.93. The van der Waals surface area contributed by atoms with Gasteiger partial charge in [-0.05, 0) is 28.1 Å². The second-order valence-electron chi connectivity index (χ2n) is 4.58. The van der Waals surface area contributed by atoms with Crippen LogP contribution in [0.15, 0.2) is 16.6 Å². The van der Waals surface area contributed by atoms with Gasteiger partial charge in [-0.2, -0.15) is 5.26 Å². The van der Waals surface area contributed by atoms with Crippen molar-refractivity contribution in [3.05, 3.63) is 28.0 Å². The highest BCUT2D eigenvalue weighted by molar-refractivity contribution is 9.10. The highest BCUT2D eigenvalue weighted by Gasteiger charge is 2.18. The molecule has 3 nitrogen and oxygen atoms in total. The number of anilines is 1. The molecule has 92 valence electrons. The van der Waals surface area contributed by atoms with Gasteiger partial charge in [0.15, 0.2) is 5.82 Å². The molecule has 1 aromatic carbocycles. The van der Waals surface area contributed by atoms with E-state index in [1.165, 1.54) is 6.07 Å². The Balaban J connectivity index is 2.88. The normalized spacial score (nSPS) is 11.1. The fourth-order valence-corrected chi connectivity index (χ4v) is 1.60. The lowest BCUT2D eigenvalue weighted by atomic mass is 9.95. The second-order valence-corrected chi connectivity index (χ2v) is 5.37. The van der Waals surface area contributed by atoms with E-state index in [4.69, 9.17) is 10.4 Å². The first-order chi connectivity index (χ1) is 7.91. The fourth-order valence-electron chi connectivity index (χ4n) is 1.16. The van der Waals surface area contributed by atoms with E-state index < -0.39 is 5.82 Å². The summed E-state index contributed by atoms with van der Waals surface area (Å²) in [5, 5.41) is 20.7. The summed E-state index contributed by atoms with van der Waals surface area (Å²) < 4.78 is 14.0. The van der Waals surface area contributed by atoms with E-state index >= 15 is 0 Å². The van der Waals surface area contributed by atoms with Crippen molar-refractivity contribution in [2.45, 2.75) is 13.8 Å². The van der Waals surface area contributed by atoms with E-state index in [0.717, 1.165) is 0 Å². The molecule has 0 saturated carbocycles. The van der Waals surface area contributed by atoms with Crippen LogP contribution in [0.2, 0.25) is 0 Å². The van der Waals surface area contributed by atoms with Crippen LogP contribution in [0.1, 0.15) is 19.4 Å². The summed E-state index contributed by atoms with van der Waals surface area (Å²) >= 11 is 3.04. The van der Waals surface area contributed by atoms with Crippen molar-refractivity contribution in [3.8, 4) is 6.07 Å². The average molecular weight is 301 g/mol. The minimum atomic E-state index is -0.488. The zero-order valence-corrected chi connectivity index (χ0v) is 11.3. The largest absolute Gasteiger partial charge is 0.396 e. The monoisotopic (exact) mass is 300 g/mol. The van der Waals surface area contributed by atoms with Crippen LogP contribution in [0, 0.1) is 22.6 Å². The molecule has 0 saturated heterocycles. The lowest BCUT2D eigenvalue weighted by Crippen LogP contribution is -2.27. The summed E-state index contributed by atoms with van der Waals surface area (Å²) in [6.07, 6.45) is 0. The van der Waals surface area contributed by atoms with E-state index in [1.807, 2.05) is 19.9 Å². The molecule has 0 aliphatic rings. The summed E-state index contributed by atoms with van der Waals surface area (Å²) in [5.74, 6) is -0.488. The van der Waals surface area contributed by atoms with Gasteiger partial charge in [0.1, 0.15) is 6.07 Å². The number of benzene rings is 1. The van der Waals surface area contributed by atoms with E-state index in [1.54, 1.807) is 6.07 Å². The minimum absolute atomic E-state index is 0.0130. The maximum Gasteiger partial charge on any atom is 0.161 e. The molecule has 0 bridgehead atoms. The van der Waals surface area contributed by atoms with Crippen molar-refractivity contribution >= 4 is 21.6 Å². The van der Waals surface area contributed by atoms with Gasteiger partial charge >= 0.3 is 0 Å². The van der Waals surface area contributed by atoms with Crippen LogP contribution < -0.4 is 5.32 Å². The molecule has 0 radical (unpaired) electrons. The van der Waals surface area contributed by atoms with Gasteiger partial charge in [-0.1, -0.05) is 13.8 Å². The van der Waals surface area contributed by atoms with Gasteiger partial charge in [-0.3, -0.25) is 0 Å². The quantitative estimate of drug-likeness (QED) is 0.899. The van der Waals surface area contributed by atoms with Gasteiger partial charge in [0.2, 0.25) is 0 Å². The SMILES string of the molecule is CC(C)(CO)CNc1ccc(C#N)c(Br)c1F. The van der Waals surface area contributed by atoms with Crippen LogP contribution in [0.5, 0.6) is 0 Å². The molecule has 0 heterocycles. The summed E-state index contributed by atoms with van der Waals surface area (Å²) in [6.45, 7) is 4.20. The molecule has 0 aromatic heterocycles. The van der Waals surface area contributed by atoms with Gasteiger partial charge in [0.05, 0.1) is 15.7 Å². The Kier molecular flexibility index (Phi) is 4.49. The first-order valence-electron chi connectivity index (χ1n) is 5.14. The Hall–Kier alpha value is -1.12. The molecule has 5 heteroatoms. The molecule has 0 spiro atoms. The van der Waals surface area contributed by atoms with E-state index in [-0.39, 0.29) is 22.1 Å². The summed E-state index contributed by atoms with van der Waals surface area (Å²) in [4.78, 5) is 0. The van der Waals surface area contributed by atoms with E-state index in [9.17, 15) is 4.39 Å².